The van der Waals surface area contributed by atoms with Crippen LogP contribution < -0.4 is 10.1 Å². The van der Waals surface area contributed by atoms with Crippen LogP contribution in [0.4, 0.5) is 8.78 Å². The minimum Gasteiger partial charge on any atom is -0.493 e. The monoisotopic (exact) mass is 295 g/mol. The summed E-state index contributed by atoms with van der Waals surface area (Å²) in [4.78, 5) is 0. The number of aromatic nitrogens is 2. The Balaban J connectivity index is 2.52. The van der Waals surface area contributed by atoms with Gasteiger partial charge >= 0.3 is 0 Å². The molecule has 114 valence electrons. The molecule has 1 atom stereocenters. The van der Waals surface area contributed by atoms with Gasteiger partial charge in [-0.15, -0.1) is 0 Å². The predicted octanol–water partition coefficient (Wildman–Crippen LogP) is 2.89. The average molecular weight is 295 g/mol. The molecule has 2 aromatic rings. The number of methoxy groups -OCH3 is 1. The largest absolute Gasteiger partial charge is 0.493 e. The molecule has 0 saturated heterocycles. The van der Waals surface area contributed by atoms with E-state index in [1.165, 1.54) is 12.1 Å². The molecule has 0 radical (unpaired) electrons. The van der Waals surface area contributed by atoms with Crippen LogP contribution in [0.25, 0.3) is 0 Å². The number of halogens is 2. The highest BCUT2D eigenvalue weighted by atomic mass is 19.1. The van der Waals surface area contributed by atoms with Crippen molar-refractivity contribution in [3.8, 4) is 5.75 Å². The first-order valence-electron chi connectivity index (χ1n) is 6.83. The van der Waals surface area contributed by atoms with Crippen LogP contribution in [0.2, 0.25) is 0 Å². The van der Waals surface area contributed by atoms with Crippen LogP contribution in [0.3, 0.4) is 0 Å². The maximum Gasteiger partial charge on any atom is 0.161 e. The summed E-state index contributed by atoms with van der Waals surface area (Å²) in [5.41, 5.74) is 1.25. The van der Waals surface area contributed by atoms with Crippen molar-refractivity contribution in [2.75, 3.05) is 14.2 Å². The van der Waals surface area contributed by atoms with Crippen molar-refractivity contribution in [3.05, 3.63) is 47.3 Å². The SMILES string of the molecule is CCCn1ncc(OC)c1C(NC)c1cc(F)cc(F)c1. The molecule has 1 unspecified atom stereocenters. The van der Waals surface area contributed by atoms with Crippen molar-refractivity contribution in [1.29, 1.82) is 0 Å². The summed E-state index contributed by atoms with van der Waals surface area (Å²) in [7, 11) is 3.28. The Morgan fingerprint density at radius 1 is 1.29 bits per heavy atom. The Morgan fingerprint density at radius 2 is 1.95 bits per heavy atom. The molecule has 6 heteroatoms. The van der Waals surface area contributed by atoms with Crippen molar-refractivity contribution >= 4 is 0 Å². The molecule has 21 heavy (non-hydrogen) atoms. The third-order valence-corrected chi connectivity index (χ3v) is 3.28. The Bertz CT molecular complexity index is 593. The van der Waals surface area contributed by atoms with E-state index in [0.29, 0.717) is 17.9 Å². The van der Waals surface area contributed by atoms with E-state index < -0.39 is 17.7 Å². The van der Waals surface area contributed by atoms with Gasteiger partial charge in [-0.3, -0.25) is 4.68 Å². The molecule has 1 N–H and O–H groups in total. The van der Waals surface area contributed by atoms with Crippen LogP contribution in [0, 0.1) is 11.6 Å². The van der Waals surface area contributed by atoms with Crippen molar-refractivity contribution < 1.29 is 13.5 Å². The highest BCUT2D eigenvalue weighted by Crippen LogP contribution is 2.30. The lowest BCUT2D eigenvalue weighted by Crippen LogP contribution is -2.22. The van der Waals surface area contributed by atoms with E-state index in [2.05, 4.69) is 10.4 Å². The van der Waals surface area contributed by atoms with Crippen LogP contribution in [0.15, 0.2) is 24.4 Å². The highest BCUT2D eigenvalue weighted by Gasteiger charge is 2.23. The molecular formula is C15H19F2N3O. The molecule has 4 nitrogen and oxygen atoms in total. The molecule has 1 aromatic carbocycles. The summed E-state index contributed by atoms with van der Waals surface area (Å²) in [6.07, 6.45) is 2.51. The van der Waals surface area contributed by atoms with E-state index in [9.17, 15) is 8.78 Å². The molecular weight excluding hydrogens is 276 g/mol. The number of benzene rings is 1. The van der Waals surface area contributed by atoms with Crippen LogP contribution in [-0.4, -0.2) is 23.9 Å². The highest BCUT2D eigenvalue weighted by molar-refractivity contribution is 5.36. The van der Waals surface area contributed by atoms with Crippen molar-refractivity contribution in [3.63, 3.8) is 0 Å². The summed E-state index contributed by atoms with van der Waals surface area (Å²) in [6, 6.07) is 3.08. The molecule has 2 rings (SSSR count). The Hall–Kier alpha value is -1.95. The summed E-state index contributed by atoms with van der Waals surface area (Å²) in [5, 5.41) is 7.35. The predicted molar refractivity (Wildman–Crippen MR) is 76.3 cm³/mol. The fourth-order valence-corrected chi connectivity index (χ4v) is 2.42. The van der Waals surface area contributed by atoms with Gasteiger partial charge in [0.05, 0.1) is 19.3 Å². The van der Waals surface area contributed by atoms with Gasteiger partial charge in [0.2, 0.25) is 0 Å². The first-order valence-corrected chi connectivity index (χ1v) is 6.83. The molecule has 0 aliphatic carbocycles. The van der Waals surface area contributed by atoms with E-state index >= 15 is 0 Å². The molecule has 0 spiro atoms. The molecule has 0 saturated carbocycles. The minimum absolute atomic E-state index is 0.404. The van der Waals surface area contributed by atoms with Crippen LogP contribution in [0.1, 0.15) is 30.6 Å². The fraction of sp³-hybridized carbons (Fsp3) is 0.400. The maximum atomic E-state index is 13.5. The number of nitrogens with one attached hydrogen (secondary N) is 1. The van der Waals surface area contributed by atoms with Crippen LogP contribution in [-0.2, 0) is 6.54 Å². The smallest absolute Gasteiger partial charge is 0.161 e. The molecule has 0 aliphatic heterocycles. The van der Waals surface area contributed by atoms with Gasteiger partial charge in [-0.2, -0.15) is 5.10 Å². The Kier molecular flexibility index (Phi) is 4.90. The van der Waals surface area contributed by atoms with Gasteiger partial charge in [0.1, 0.15) is 17.3 Å². The average Bonchev–Trinajstić information content (AvgIpc) is 2.82. The van der Waals surface area contributed by atoms with Crippen molar-refractivity contribution in [2.24, 2.45) is 0 Å². The lowest BCUT2D eigenvalue weighted by atomic mass is 10.0. The second kappa shape index (κ2) is 6.67. The van der Waals surface area contributed by atoms with Gasteiger partial charge in [-0.1, -0.05) is 6.92 Å². The molecule has 1 heterocycles. The van der Waals surface area contributed by atoms with Gasteiger partial charge in [0.25, 0.3) is 0 Å². The number of ether oxygens (including phenoxy) is 1. The van der Waals surface area contributed by atoms with Crippen molar-refractivity contribution in [1.82, 2.24) is 15.1 Å². The zero-order chi connectivity index (χ0) is 15.4. The summed E-state index contributed by atoms with van der Waals surface area (Å²) in [5.74, 6) is -0.621. The second-order valence-electron chi connectivity index (χ2n) is 4.75. The molecule has 0 aliphatic rings. The molecule has 0 amide bonds. The van der Waals surface area contributed by atoms with E-state index in [4.69, 9.17) is 4.74 Å². The lowest BCUT2D eigenvalue weighted by Gasteiger charge is -2.20. The quantitative estimate of drug-likeness (QED) is 0.890. The van der Waals surface area contributed by atoms with Gasteiger partial charge in [-0.25, -0.2) is 8.78 Å². The third kappa shape index (κ3) is 3.21. The van der Waals surface area contributed by atoms with Gasteiger partial charge in [-0.05, 0) is 31.2 Å². The van der Waals surface area contributed by atoms with Gasteiger partial charge in [0, 0.05) is 12.6 Å². The van der Waals surface area contributed by atoms with E-state index in [1.54, 1.807) is 25.0 Å². The maximum absolute atomic E-state index is 13.5. The summed E-state index contributed by atoms with van der Waals surface area (Å²) < 4.78 is 34.1. The zero-order valence-electron chi connectivity index (χ0n) is 12.4. The Labute approximate surface area is 122 Å². The van der Waals surface area contributed by atoms with Gasteiger partial charge < -0.3 is 10.1 Å². The number of nitrogens with zero attached hydrogens (tertiary/aromatic N) is 2. The minimum atomic E-state index is -0.606. The molecule has 0 fully saturated rings. The van der Waals surface area contributed by atoms with Crippen LogP contribution >= 0.6 is 0 Å². The standard InChI is InChI=1S/C15H19F2N3O/c1-4-5-20-15(13(21-3)9-19-20)14(18-2)10-6-11(16)8-12(17)7-10/h6-9,14,18H,4-5H2,1-3H3. The topological polar surface area (TPSA) is 39.1 Å². The number of hydrogen-bond donors (Lipinski definition) is 1. The number of rotatable bonds is 6. The van der Waals surface area contributed by atoms with Crippen molar-refractivity contribution in [2.45, 2.75) is 25.9 Å². The molecule has 0 bridgehead atoms. The van der Waals surface area contributed by atoms with E-state index in [1.807, 2.05) is 6.92 Å². The van der Waals surface area contributed by atoms with E-state index in [0.717, 1.165) is 18.2 Å². The summed E-state index contributed by atoms with van der Waals surface area (Å²) in [6.45, 7) is 2.74. The lowest BCUT2D eigenvalue weighted by molar-refractivity contribution is 0.399. The third-order valence-electron chi connectivity index (χ3n) is 3.28. The molecule has 1 aromatic heterocycles. The second-order valence-corrected chi connectivity index (χ2v) is 4.75. The first-order chi connectivity index (χ1) is 10.1. The van der Waals surface area contributed by atoms with Gasteiger partial charge in [0.15, 0.2) is 5.75 Å². The normalized spacial score (nSPS) is 12.4. The number of aryl methyl sites for hydroxylation is 1. The Morgan fingerprint density at radius 3 is 2.48 bits per heavy atom. The zero-order valence-corrected chi connectivity index (χ0v) is 12.4. The summed E-state index contributed by atoms with van der Waals surface area (Å²) >= 11 is 0. The number of hydrogen-bond acceptors (Lipinski definition) is 3. The first kappa shape index (κ1) is 15.4. The van der Waals surface area contributed by atoms with E-state index in [-0.39, 0.29) is 0 Å². The van der Waals surface area contributed by atoms with Crippen LogP contribution in [0.5, 0.6) is 5.75 Å². The fourth-order valence-electron chi connectivity index (χ4n) is 2.42.